The predicted molar refractivity (Wildman–Crippen MR) is 64.1 cm³/mol. The van der Waals surface area contributed by atoms with Crippen molar-refractivity contribution in [2.45, 2.75) is 37.5 Å². The standard InChI is InChI=1S/C11H20N2OS/c1-9-10(4-7-15-9)12-8-11(14)13-5-2-3-6-13/h9-10,12H,2-8H2,1H3. The number of nitrogens with one attached hydrogen (secondary N) is 1. The number of hydrogen-bond donors (Lipinski definition) is 1. The summed E-state index contributed by atoms with van der Waals surface area (Å²) in [7, 11) is 0. The highest BCUT2D eigenvalue weighted by Gasteiger charge is 2.25. The van der Waals surface area contributed by atoms with Crippen LogP contribution in [0.5, 0.6) is 0 Å². The Balaban J connectivity index is 1.70. The smallest absolute Gasteiger partial charge is 0.236 e. The van der Waals surface area contributed by atoms with Crippen LogP contribution in [-0.2, 0) is 4.79 Å². The molecule has 2 heterocycles. The molecule has 2 fully saturated rings. The van der Waals surface area contributed by atoms with Crippen LogP contribution in [0.15, 0.2) is 0 Å². The number of rotatable bonds is 3. The maximum Gasteiger partial charge on any atom is 0.236 e. The van der Waals surface area contributed by atoms with Crippen molar-refractivity contribution in [2.75, 3.05) is 25.4 Å². The molecule has 1 amide bonds. The Labute approximate surface area is 96.0 Å². The summed E-state index contributed by atoms with van der Waals surface area (Å²) in [5.41, 5.74) is 0. The minimum atomic E-state index is 0.289. The maximum absolute atomic E-state index is 11.8. The average Bonchev–Trinajstić information content (AvgIpc) is 2.85. The third kappa shape index (κ3) is 2.88. The van der Waals surface area contributed by atoms with Crippen LogP contribution >= 0.6 is 11.8 Å². The van der Waals surface area contributed by atoms with Crippen LogP contribution < -0.4 is 5.32 Å². The molecule has 2 unspecified atom stereocenters. The van der Waals surface area contributed by atoms with Crippen LogP contribution in [0.1, 0.15) is 26.2 Å². The molecule has 0 bridgehead atoms. The summed E-state index contributed by atoms with van der Waals surface area (Å²) < 4.78 is 0. The van der Waals surface area contributed by atoms with E-state index in [9.17, 15) is 4.79 Å². The van der Waals surface area contributed by atoms with Gasteiger partial charge >= 0.3 is 0 Å². The first-order chi connectivity index (χ1) is 7.27. The van der Waals surface area contributed by atoms with Gasteiger partial charge < -0.3 is 10.2 Å². The van der Waals surface area contributed by atoms with Crippen LogP contribution in [0.2, 0.25) is 0 Å². The number of carbonyl (C=O) groups is 1. The average molecular weight is 228 g/mol. The highest BCUT2D eigenvalue weighted by molar-refractivity contribution is 8.00. The van der Waals surface area contributed by atoms with E-state index in [1.54, 1.807) is 0 Å². The van der Waals surface area contributed by atoms with Gasteiger partial charge in [0, 0.05) is 24.4 Å². The zero-order valence-corrected chi connectivity index (χ0v) is 10.2. The zero-order valence-electron chi connectivity index (χ0n) is 9.37. The third-order valence-corrected chi connectivity index (χ3v) is 4.68. The first-order valence-corrected chi connectivity index (χ1v) is 6.95. The van der Waals surface area contributed by atoms with E-state index in [1.165, 1.54) is 25.0 Å². The topological polar surface area (TPSA) is 32.3 Å². The van der Waals surface area contributed by atoms with E-state index >= 15 is 0 Å². The Morgan fingerprint density at radius 3 is 2.80 bits per heavy atom. The summed E-state index contributed by atoms with van der Waals surface area (Å²) in [5, 5.41) is 4.06. The van der Waals surface area contributed by atoms with Gasteiger partial charge in [0.15, 0.2) is 0 Å². The van der Waals surface area contributed by atoms with Crippen molar-refractivity contribution in [1.29, 1.82) is 0 Å². The van der Waals surface area contributed by atoms with Crippen molar-refractivity contribution in [3.63, 3.8) is 0 Å². The van der Waals surface area contributed by atoms with Gasteiger partial charge in [0.1, 0.15) is 0 Å². The maximum atomic E-state index is 11.8. The third-order valence-electron chi connectivity index (χ3n) is 3.35. The SMILES string of the molecule is CC1SCCC1NCC(=O)N1CCCC1. The lowest BCUT2D eigenvalue weighted by molar-refractivity contribution is -0.129. The molecule has 4 heteroatoms. The van der Waals surface area contributed by atoms with Crippen molar-refractivity contribution >= 4 is 17.7 Å². The highest BCUT2D eigenvalue weighted by atomic mass is 32.2. The minimum Gasteiger partial charge on any atom is -0.342 e. The number of hydrogen-bond acceptors (Lipinski definition) is 3. The molecule has 2 aliphatic rings. The van der Waals surface area contributed by atoms with Crippen molar-refractivity contribution in [1.82, 2.24) is 10.2 Å². The molecule has 3 nitrogen and oxygen atoms in total. The van der Waals surface area contributed by atoms with E-state index in [0.717, 1.165) is 13.1 Å². The Hall–Kier alpha value is -0.220. The quantitative estimate of drug-likeness (QED) is 0.785. The van der Waals surface area contributed by atoms with E-state index in [1.807, 2.05) is 16.7 Å². The van der Waals surface area contributed by atoms with Gasteiger partial charge in [-0.1, -0.05) is 6.92 Å². The molecular weight excluding hydrogens is 208 g/mol. The molecule has 0 aliphatic carbocycles. The molecule has 15 heavy (non-hydrogen) atoms. The van der Waals surface area contributed by atoms with Crippen LogP contribution in [-0.4, -0.2) is 47.5 Å². The van der Waals surface area contributed by atoms with E-state index in [-0.39, 0.29) is 5.91 Å². The molecule has 0 aromatic carbocycles. The lowest BCUT2D eigenvalue weighted by atomic mass is 10.2. The van der Waals surface area contributed by atoms with Crippen molar-refractivity contribution in [3.05, 3.63) is 0 Å². The molecule has 0 saturated carbocycles. The fourth-order valence-electron chi connectivity index (χ4n) is 2.30. The second kappa shape index (κ2) is 5.21. The molecule has 0 spiro atoms. The van der Waals surface area contributed by atoms with Crippen LogP contribution in [0.25, 0.3) is 0 Å². The lowest BCUT2D eigenvalue weighted by Gasteiger charge is -2.19. The molecule has 2 atom stereocenters. The number of thioether (sulfide) groups is 1. The van der Waals surface area contributed by atoms with Gasteiger partial charge in [-0.3, -0.25) is 4.79 Å². The van der Waals surface area contributed by atoms with Gasteiger partial charge in [-0.05, 0) is 25.0 Å². The summed E-state index contributed by atoms with van der Waals surface area (Å²) in [6.07, 6.45) is 3.57. The number of likely N-dealkylation sites (tertiary alicyclic amines) is 1. The molecule has 0 aromatic heterocycles. The predicted octanol–water partition coefficient (Wildman–Crippen LogP) is 1.09. The first kappa shape index (κ1) is 11.3. The van der Waals surface area contributed by atoms with E-state index in [0.29, 0.717) is 17.8 Å². The van der Waals surface area contributed by atoms with Crippen molar-refractivity contribution in [2.24, 2.45) is 0 Å². The molecule has 0 radical (unpaired) electrons. The Bertz CT molecular complexity index is 229. The second-order valence-corrected chi connectivity index (χ2v) is 5.93. The molecule has 2 aliphatic heterocycles. The van der Waals surface area contributed by atoms with Gasteiger partial charge in [0.25, 0.3) is 0 Å². The molecule has 2 rings (SSSR count). The number of amides is 1. The molecule has 1 N–H and O–H groups in total. The minimum absolute atomic E-state index is 0.289. The summed E-state index contributed by atoms with van der Waals surface area (Å²) in [6.45, 7) is 4.72. The van der Waals surface area contributed by atoms with Gasteiger partial charge in [-0.15, -0.1) is 0 Å². The Morgan fingerprint density at radius 1 is 1.47 bits per heavy atom. The van der Waals surface area contributed by atoms with Gasteiger partial charge in [0.05, 0.1) is 6.54 Å². The number of carbonyl (C=O) groups excluding carboxylic acids is 1. The molecule has 2 saturated heterocycles. The normalized spacial score (nSPS) is 31.1. The zero-order chi connectivity index (χ0) is 10.7. The van der Waals surface area contributed by atoms with E-state index in [2.05, 4.69) is 12.2 Å². The fourth-order valence-corrected chi connectivity index (χ4v) is 3.52. The molecule has 86 valence electrons. The Morgan fingerprint density at radius 2 is 2.20 bits per heavy atom. The lowest BCUT2D eigenvalue weighted by Crippen LogP contribution is -2.42. The van der Waals surface area contributed by atoms with Gasteiger partial charge in [-0.25, -0.2) is 0 Å². The summed E-state index contributed by atoms with van der Waals surface area (Å²) >= 11 is 2.00. The summed E-state index contributed by atoms with van der Waals surface area (Å²) in [5.74, 6) is 1.52. The van der Waals surface area contributed by atoms with E-state index < -0.39 is 0 Å². The van der Waals surface area contributed by atoms with Crippen LogP contribution in [0.4, 0.5) is 0 Å². The fraction of sp³-hybridized carbons (Fsp3) is 0.909. The first-order valence-electron chi connectivity index (χ1n) is 5.90. The van der Waals surface area contributed by atoms with Crippen LogP contribution in [0, 0.1) is 0 Å². The summed E-state index contributed by atoms with van der Waals surface area (Å²) in [6, 6.07) is 0.543. The van der Waals surface area contributed by atoms with Crippen molar-refractivity contribution in [3.8, 4) is 0 Å². The molecular formula is C11H20N2OS. The van der Waals surface area contributed by atoms with Crippen LogP contribution in [0.3, 0.4) is 0 Å². The monoisotopic (exact) mass is 228 g/mol. The van der Waals surface area contributed by atoms with Gasteiger partial charge in [-0.2, -0.15) is 11.8 Å². The number of nitrogens with zero attached hydrogens (tertiary/aromatic N) is 1. The van der Waals surface area contributed by atoms with Crippen molar-refractivity contribution < 1.29 is 4.79 Å². The largest absolute Gasteiger partial charge is 0.342 e. The summed E-state index contributed by atoms with van der Waals surface area (Å²) in [4.78, 5) is 13.8. The van der Waals surface area contributed by atoms with Gasteiger partial charge in [0.2, 0.25) is 5.91 Å². The van der Waals surface area contributed by atoms with E-state index in [4.69, 9.17) is 0 Å². The molecule has 0 aromatic rings. The Kier molecular flexibility index (Phi) is 3.92. The second-order valence-electron chi connectivity index (χ2n) is 4.44. The highest BCUT2D eigenvalue weighted by Crippen LogP contribution is 2.25.